The summed E-state index contributed by atoms with van der Waals surface area (Å²) in [5.74, 6) is -1.69. The Balaban J connectivity index is 2.06. The number of amides is 2. The average Bonchev–Trinajstić information content (AvgIpc) is 2.43. The molecule has 0 aromatic carbocycles. The van der Waals surface area contributed by atoms with Crippen molar-refractivity contribution < 1.29 is 19.1 Å². The molecule has 2 aliphatic rings. The number of ether oxygens (including phenoxy) is 1. The molecule has 106 valence electrons. The Bertz CT molecular complexity index is 377. The molecule has 0 spiro atoms. The fourth-order valence-electron chi connectivity index (χ4n) is 2.76. The van der Waals surface area contributed by atoms with E-state index in [2.05, 4.69) is 5.32 Å². The van der Waals surface area contributed by atoms with Gasteiger partial charge in [-0.2, -0.15) is 0 Å². The number of hydrogen-bond donors (Lipinski definition) is 1. The summed E-state index contributed by atoms with van der Waals surface area (Å²) in [6.07, 6.45) is 5.13. The summed E-state index contributed by atoms with van der Waals surface area (Å²) in [5.41, 5.74) is 0. The fourth-order valence-corrected chi connectivity index (χ4v) is 2.76. The van der Waals surface area contributed by atoms with E-state index < -0.39 is 23.8 Å². The van der Waals surface area contributed by atoms with Crippen LogP contribution in [0.15, 0.2) is 0 Å². The quantitative estimate of drug-likeness (QED) is 0.586. The van der Waals surface area contributed by atoms with Crippen molar-refractivity contribution in [2.75, 3.05) is 13.2 Å². The van der Waals surface area contributed by atoms with Crippen LogP contribution in [0.2, 0.25) is 0 Å². The van der Waals surface area contributed by atoms with Crippen LogP contribution >= 0.6 is 0 Å². The van der Waals surface area contributed by atoms with Crippen molar-refractivity contribution in [2.45, 2.75) is 51.1 Å². The van der Waals surface area contributed by atoms with Crippen molar-refractivity contribution in [1.29, 1.82) is 0 Å². The van der Waals surface area contributed by atoms with Gasteiger partial charge in [-0.25, -0.2) is 4.79 Å². The lowest BCUT2D eigenvalue weighted by molar-refractivity contribution is -0.158. The molecule has 1 saturated carbocycles. The second kappa shape index (κ2) is 6.04. The van der Waals surface area contributed by atoms with E-state index in [0.29, 0.717) is 0 Å². The molecule has 1 atom stereocenters. The molecule has 6 nitrogen and oxygen atoms in total. The van der Waals surface area contributed by atoms with Gasteiger partial charge >= 0.3 is 17.8 Å². The Morgan fingerprint density at radius 1 is 1.32 bits per heavy atom. The molecule has 1 aliphatic heterocycles. The fraction of sp³-hybridized carbons (Fsp3) is 0.769. The smallest absolute Gasteiger partial charge is 0.330 e. The van der Waals surface area contributed by atoms with Gasteiger partial charge < -0.3 is 15.0 Å². The van der Waals surface area contributed by atoms with Crippen LogP contribution in [0.1, 0.15) is 39.0 Å². The Labute approximate surface area is 112 Å². The number of piperazine rings is 1. The highest BCUT2D eigenvalue weighted by Crippen LogP contribution is 2.24. The van der Waals surface area contributed by atoms with Gasteiger partial charge in [-0.3, -0.25) is 9.59 Å². The molecule has 1 saturated heterocycles. The van der Waals surface area contributed by atoms with Crippen LogP contribution < -0.4 is 5.32 Å². The monoisotopic (exact) mass is 268 g/mol. The molecule has 1 aliphatic carbocycles. The molecule has 0 unspecified atom stereocenters. The second-order valence-corrected chi connectivity index (χ2v) is 5.03. The minimum absolute atomic E-state index is 0.0872. The van der Waals surface area contributed by atoms with Crippen molar-refractivity contribution >= 4 is 17.8 Å². The number of carbonyl (C=O) groups excluding carboxylic acids is 3. The summed E-state index contributed by atoms with van der Waals surface area (Å²) in [4.78, 5) is 36.8. The molecule has 2 rings (SSSR count). The van der Waals surface area contributed by atoms with Gasteiger partial charge in [-0.1, -0.05) is 19.3 Å². The lowest BCUT2D eigenvalue weighted by Gasteiger charge is -2.38. The van der Waals surface area contributed by atoms with Gasteiger partial charge in [-0.05, 0) is 19.8 Å². The van der Waals surface area contributed by atoms with Gasteiger partial charge in [0.2, 0.25) is 0 Å². The zero-order chi connectivity index (χ0) is 13.8. The average molecular weight is 268 g/mol. The van der Waals surface area contributed by atoms with Crippen molar-refractivity contribution in [3.8, 4) is 0 Å². The maximum Gasteiger partial charge on any atom is 0.330 e. The normalized spacial score (nSPS) is 25.1. The highest BCUT2D eigenvalue weighted by Gasteiger charge is 2.39. The maximum absolute atomic E-state index is 11.9. The lowest BCUT2D eigenvalue weighted by atomic mass is 9.93. The van der Waals surface area contributed by atoms with E-state index in [-0.39, 0.29) is 19.2 Å². The summed E-state index contributed by atoms with van der Waals surface area (Å²) in [7, 11) is 0. The molecule has 0 aromatic heterocycles. The predicted octanol–water partition coefficient (Wildman–Crippen LogP) is 0.209. The summed E-state index contributed by atoms with van der Waals surface area (Å²) >= 11 is 0. The van der Waals surface area contributed by atoms with Crippen LogP contribution in [0, 0.1) is 0 Å². The number of esters is 1. The second-order valence-electron chi connectivity index (χ2n) is 5.03. The molecule has 6 heteroatoms. The van der Waals surface area contributed by atoms with E-state index in [1.165, 1.54) is 6.42 Å². The van der Waals surface area contributed by atoms with Crippen molar-refractivity contribution in [1.82, 2.24) is 10.2 Å². The SMILES string of the molecule is CCOC(=O)[C@@H]1CN(C2CCCCC2)C(=O)C(=O)N1. The van der Waals surface area contributed by atoms with E-state index in [1.54, 1.807) is 11.8 Å². The number of hydrogen-bond acceptors (Lipinski definition) is 4. The highest BCUT2D eigenvalue weighted by molar-refractivity contribution is 6.36. The minimum atomic E-state index is -0.730. The van der Waals surface area contributed by atoms with Crippen LogP contribution in [0.4, 0.5) is 0 Å². The van der Waals surface area contributed by atoms with Crippen molar-refractivity contribution in [3.63, 3.8) is 0 Å². The van der Waals surface area contributed by atoms with E-state index in [9.17, 15) is 14.4 Å². The lowest BCUT2D eigenvalue weighted by Crippen LogP contribution is -2.63. The zero-order valence-electron chi connectivity index (χ0n) is 11.2. The van der Waals surface area contributed by atoms with Gasteiger partial charge in [0.15, 0.2) is 0 Å². The van der Waals surface area contributed by atoms with Crippen LogP contribution in [-0.2, 0) is 19.1 Å². The maximum atomic E-state index is 11.9. The third-order valence-corrected chi connectivity index (χ3v) is 3.73. The Morgan fingerprint density at radius 3 is 2.63 bits per heavy atom. The molecule has 1 heterocycles. The Morgan fingerprint density at radius 2 is 2.00 bits per heavy atom. The topological polar surface area (TPSA) is 75.7 Å². The highest BCUT2D eigenvalue weighted by atomic mass is 16.5. The number of nitrogens with one attached hydrogen (secondary N) is 1. The molecule has 0 bridgehead atoms. The Kier molecular flexibility index (Phi) is 4.39. The van der Waals surface area contributed by atoms with Gasteiger partial charge in [-0.15, -0.1) is 0 Å². The van der Waals surface area contributed by atoms with E-state index in [1.807, 2.05) is 0 Å². The number of rotatable bonds is 3. The molecule has 2 fully saturated rings. The first-order valence-electron chi connectivity index (χ1n) is 6.91. The molecule has 19 heavy (non-hydrogen) atoms. The van der Waals surface area contributed by atoms with Crippen LogP contribution in [0.25, 0.3) is 0 Å². The molecule has 0 radical (unpaired) electrons. The van der Waals surface area contributed by atoms with E-state index in [4.69, 9.17) is 4.74 Å². The first-order chi connectivity index (χ1) is 9.13. The van der Waals surface area contributed by atoms with E-state index in [0.717, 1.165) is 25.7 Å². The molecular formula is C13H20N2O4. The molecule has 1 N–H and O–H groups in total. The van der Waals surface area contributed by atoms with Crippen LogP contribution in [-0.4, -0.2) is 47.9 Å². The van der Waals surface area contributed by atoms with Gasteiger partial charge in [0.1, 0.15) is 6.04 Å². The number of carbonyl (C=O) groups is 3. The zero-order valence-corrected chi connectivity index (χ0v) is 11.2. The van der Waals surface area contributed by atoms with Gasteiger partial charge in [0.05, 0.1) is 13.2 Å². The Hall–Kier alpha value is -1.59. The third kappa shape index (κ3) is 3.05. The first kappa shape index (κ1) is 13.8. The first-order valence-corrected chi connectivity index (χ1v) is 6.91. The molecule has 0 aromatic rings. The summed E-state index contributed by atoms with van der Waals surface area (Å²) < 4.78 is 4.91. The summed E-state index contributed by atoms with van der Waals surface area (Å²) in [6, 6.07) is -0.642. The standard InChI is InChI=1S/C13H20N2O4/c1-2-19-13(18)10-8-15(12(17)11(16)14-10)9-6-4-3-5-7-9/h9-10H,2-8H2,1H3,(H,14,16)/t10-/m0/s1. The summed E-state index contributed by atoms with van der Waals surface area (Å²) in [6.45, 7) is 2.21. The molecular weight excluding hydrogens is 248 g/mol. The number of nitrogens with zero attached hydrogens (tertiary/aromatic N) is 1. The van der Waals surface area contributed by atoms with Crippen LogP contribution in [0.5, 0.6) is 0 Å². The van der Waals surface area contributed by atoms with Crippen molar-refractivity contribution in [2.24, 2.45) is 0 Å². The third-order valence-electron chi connectivity index (χ3n) is 3.73. The van der Waals surface area contributed by atoms with Crippen molar-refractivity contribution in [3.05, 3.63) is 0 Å². The van der Waals surface area contributed by atoms with E-state index >= 15 is 0 Å². The predicted molar refractivity (Wildman–Crippen MR) is 67.1 cm³/mol. The molecule has 2 amide bonds. The van der Waals surface area contributed by atoms with Gasteiger partial charge in [0.25, 0.3) is 0 Å². The minimum Gasteiger partial charge on any atom is -0.464 e. The van der Waals surface area contributed by atoms with Crippen LogP contribution in [0.3, 0.4) is 0 Å². The largest absolute Gasteiger partial charge is 0.464 e. The van der Waals surface area contributed by atoms with Gasteiger partial charge in [0, 0.05) is 6.04 Å². The summed E-state index contributed by atoms with van der Waals surface area (Å²) in [5, 5.41) is 2.42.